The van der Waals surface area contributed by atoms with Gasteiger partial charge >= 0.3 is 5.97 Å². The second-order valence-corrected chi connectivity index (χ2v) is 4.39. The van der Waals surface area contributed by atoms with Gasteiger partial charge in [0.05, 0.1) is 5.56 Å². The van der Waals surface area contributed by atoms with Crippen LogP contribution in [0, 0.1) is 0 Å². The van der Waals surface area contributed by atoms with Crippen molar-refractivity contribution in [3.05, 3.63) is 47.5 Å². The Balaban J connectivity index is 2.22. The summed E-state index contributed by atoms with van der Waals surface area (Å²) >= 11 is 0. The highest BCUT2D eigenvalue weighted by Gasteiger charge is 2.15. The van der Waals surface area contributed by atoms with Crippen LogP contribution in [0.15, 0.2) is 36.4 Å². The molecule has 0 aromatic heterocycles. The summed E-state index contributed by atoms with van der Waals surface area (Å²) in [5, 5.41) is 27.8. The zero-order valence-corrected chi connectivity index (χ0v) is 11.4. The number of carbonyl (C=O) groups excluding carboxylic acids is 1. The Morgan fingerprint density at radius 2 is 1.68 bits per heavy atom. The summed E-state index contributed by atoms with van der Waals surface area (Å²) in [6.07, 6.45) is 0. The Bertz CT molecular complexity index is 737. The van der Waals surface area contributed by atoms with Crippen molar-refractivity contribution < 1.29 is 34.7 Å². The number of phenolic OH excluding ortho intramolecular Hbond substituents is 2. The van der Waals surface area contributed by atoms with E-state index in [1.807, 2.05) is 0 Å². The van der Waals surface area contributed by atoms with Crippen molar-refractivity contribution >= 4 is 11.8 Å². The Hall–Kier alpha value is -3.22. The molecule has 3 N–H and O–H groups in total. The number of hydrogen-bond donors (Lipinski definition) is 3. The first-order valence-corrected chi connectivity index (χ1v) is 6.13. The van der Waals surface area contributed by atoms with Crippen LogP contribution in [0.5, 0.6) is 23.0 Å². The van der Waals surface area contributed by atoms with Crippen molar-refractivity contribution in [2.75, 3.05) is 0 Å². The summed E-state index contributed by atoms with van der Waals surface area (Å²) in [6, 6.07) is 7.35. The summed E-state index contributed by atoms with van der Waals surface area (Å²) in [6.45, 7) is 1.28. The van der Waals surface area contributed by atoms with Crippen molar-refractivity contribution in [1.29, 1.82) is 0 Å². The van der Waals surface area contributed by atoms with E-state index in [0.29, 0.717) is 0 Å². The van der Waals surface area contributed by atoms with E-state index in [1.165, 1.54) is 37.3 Å². The highest BCUT2D eigenvalue weighted by Crippen LogP contribution is 2.27. The Labute approximate surface area is 124 Å². The molecule has 0 saturated carbocycles. The zero-order chi connectivity index (χ0) is 16.3. The maximum Gasteiger partial charge on any atom is 0.339 e. The number of phenols is 2. The average molecular weight is 304 g/mol. The van der Waals surface area contributed by atoms with Crippen LogP contribution in [0.1, 0.15) is 27.6 Å². The van der Waals surface area contributed by atoms with Gasteiger partial charge in [-0.2, -0.15) is 0 Å². The third-order valence-corrected chi connectivity index (χ3v) is 2.77. The monoisotopic (exact) mass is 304 g/mol. The second-order valence-electron chi connectivity index (χ2n) is 4.39. The van der Waals surface area contributed by atoms with Gasteiger partial charge in [-0.25, -0.2) is 4.79 Å². The number of carboxylic acids is 1. The quantitative estimate of drug-likeness (QED) is 0.441. The molecule has 0 heterocycles. The number of carboxylic acid groups (broad SMARTS) is 1. The predicted molar refractivity (Wildman–Crippen MR) is 74.4 cm³/mol. The lowest BCUT2D eigenvalue weighted by Crippen LogP contribution is -2.07. The van der Waals surface area contributed by atoms with Gasteiger partial charge in [-0.05, 0) is 43.3 Å². The van der Waals surface area contributed by atoms with Gasteiger partial charge in [0.2, 0.25) is 0 Å². The first kappa shape index (κ1) is 15.2. The Morgan fingerprint density at radius 3 is 2.32 bits per heavy atom. The first-order valence-electron chi connectivity index (χ1n) is 6.13. The summed E-state index contributed by atoms with van der Waals surface area (Å²) in [7, 11) is 0. The van der Waals surface area contributed by atoms with Gasteiger partial charge < -0.3 is 15.3 Å². The van der Waals surface area contributed by atoms with E-state index in [0.717, 1.165) is 6.07 Å². The molecule has 0 bridgehead atoms. The molecule has 0 aliphatic carbocycles. The highest BCUT2D eigenvalue weighted by atomic mass is 17.2. The SMILES string of the molecule is CC(=O)c1cc(OOc2ccc(O)cc2C(=O)O)ccc1O. The molecule has 0 amide bonds. The molecule has 0 unspecified atom stereocenters. The van der Waals surface area contributed by atoms with E-state index >= 15 is 0 Å². The number of rotatable bonds is 5. The third-order valence-electron chi connectivity index (χ3n) is 2.77. The molecule has 0 spiro atoms. The molecule has 0 aliphatic heterocycles. The molecule has 2 rings (SSSR count). The van der Waals surface area contributed by atoms with E-state index < -0.39 is 5.97 Å². The molecule has 0 atom stereocenters. The van der Waals surface area contributed by atoms with E-state index in [9.17, 15) is 19.8 Å². The van der Waals surface area contributed by atoms with Crippen molar-refractivity contribution in [2.45, 2.75) is 6.92 Å². The van der Waals surface area contributed by atoms with Crippen molar-refractivity contribution in [2.24, 2.45) is 0 Å². The smallest absolute Gasteiger partial charge is 0.339 e. The fraction of sp³-hybridized carbons (Fsp3) is 0.0667. The molecule has 0 radical (unpaired) electrons. The lowest BCUT2D eigenvalue weighted by atomic mass is 10.1. The van der Waals surface area contributed by atoms with Gasteiger partial charge in [-0.15, -0.1) is 0 Å². The minimum Gasteiger partial charge on any atom is -0.508 e. The zero-order valence-electron chi connectivity index (χ0n) is 11.4. The highest BCUT2D eigenvalue weighted by molar-refractivity contribution is 5.97. The number of aromatic hydroxyl groups is 2. The number of ketones is 1. The fourth-order valence-electron chi connectivity index (χ4n) is 1.70. The van der Waals surface area contributed by atoms with E-state index in [2.05, 4.69) is 0 Å². The van der Waals surface area contributed by atoms with Crippen LogP contribution in [-0.2, 0) is 0 Å². The average Bonchev–Trinajstić information content (AvgIpc) is 2.46. The molecular formula is C15H12O7. The van der Waals surface area contributed by atoms with E-state index in [1.54, 1.807) is 0 Å². The third kappa shape index (κ3) is 3.26. The van der Waals surface area contributed by atoms with Gasteiger partial charge in [0.25, 0.3) is 0 Å². The molecule has 7 nitrogen and oxygen atoms in total. The Morgan fingerprint density at radius 1 is 0.955 bits per heavy atom. The lowest BCUT2D eigenvalue weighted by Gasteiger charge is -2.09. The van der Waals surface area contributed by atoms with Gasteiger partial charge in [-0.1, -0.05) is 0 Å². The first-order chi connectivity index (χ1) is 10.4. The molecule has 114 valence electrons. The number of Topliss-reactive ketones (excluding diaryl/α,β-unsaturated/α-hetero) is 1. The molecule has 0 aliphatic rings. The molecule has 7 heteroatoms. The lowest BCUT2D eigenvalue weighted by molar-refractivity contribution is -0.101. The van der Waals surface area contributed by atoms with Crippen molar-refractivity contribution in [3.63, 3.8) is 0 Å². The summed E-state index contributed by atoms with van der Waals surface area (Å²) in [5.74, 6) is -2.11. The minimum atomic E-state index is -1.30. The second kappa shape index (κ2) is 6.04. The van der Waals surface area contributed by atoms with Crippen LogP contribution < -0.4 is 9.78 Å². The number of benzene rings is 2. The van der Waals surface area contributed by atoms with Crippen LogP contribution in [0.3, 0.4) is 0 Å². The fourth-order valence-corrected chi connectivity index (χ4v) is 1.70. The molecule has 2 aromatic carbocycles. The van der Waals surface area contributed by atoms with E-state index in [-0.39, 0.29) is 39.9 Å². The van der Waals surface area contributed by atoms with Crippen LogP contribution in [-0.4, -0.2) is 27.1 Å². The van der Waals surface area contributed by atoms with Crippen molar-refractivity contribution in [3.8, 4) is 23.0 Å². The topological polar surface area (TPSA) is 113 Å². The molecular weight excluding hydrogens is 292 g/mol. The minimum absolute atomic E-state index is 0.0465. The maximum absolute atomic E-state index is 11.3. The van der Waals surface area contributed by atoms with Crippen LogP contribution in [0.2, 0.25) is 0 Å². The largest absolute Gasteiger partial charge is 0.508 e. The standard InChI is InChI=1S/C15H12O7/c1-8(16)11-7-10(3-4-13(11)18)21-22-14-5-2-9(17)6-12(14)15(19)20/h2-7,17-18H,1H3,(H,19,20). The summed E-state index contributed by atoms with van der Waals surface area (Å²) in [5.41, 5.74) is -0.240. The molecule has 0 fully saturated rings. The van der Waals surface area contributed by atoms with Crippen LogP contribution in [0.25, 0.3) is 0 Å². The van der Waals surface area contributed by atoms with Crippen LogP contribution in [0.4, 0.5) is 0 Å². The number of aromatic carboxylic acids is 1. The van der Waals surface area contributed by atoms with Gasteiger partial charge in [0.1, 0.15) is 17.1 Å². The maximum atomic E-state index is 11.3. The summed E-state index contributed by atoms with van der Waals surface area (Å²) in [4.78, 5) is 32.3. The number of hydrogen-bond acceptors (Lipinski definition) is 6. The van der Waals surface area contributed by atoms with Gasteiger partial charge in [0.15, 0.2) is 17.3 Å². The molecule has 2 aromatic rings. The van der Waals surface area contributed by atoms with Crippen molar-refractivity contribution in [1.82, 2.24) is 0 Å². The normalized spacial score (nSPS) is 10.0. The van der Waals surface area contributed by atoms with E-state index in [4.69, 9.17) is 14.9 Å². The van der Waals surface area contributed by atoms with Crippen LogP contribution >= 0.6 is 0 Å². The van der Waals surface area contributed by atoms with Gasteiger partial charge in [-0.3, -0.25) is 14.6 Å². The number of carbonyl (C=O) groups is 2. The molecule has 0 saturated heterocycles. The molecule has 22 heavy (non-hydrogen) atoms. The van der Waals surface area contributed by atoms with Gasteiger partial charge in [0, 0.05) is 0 Å². The summed E-state index contributed by atoms with van der Waals surface area (Å²) < 4.78 is 0. The predicted octanol–water partition coefficient (Wildman–Crippen LogP) is 2.37. The Kier molecular flexibility index (Phi) is 4.17.